The summed E-state index contributed by atoms with van der Waals surface area (Å²) in [4.78, 5) is 35.0. The van der Waals surface area contributed by atoms with Crippen molar-refractivity contribution < 1.29 is 19.1 Å². The van der Waals surface area contributed by atoms with Crippen LogP contribution in [0.25, 0.3) is 11.0 Å². The zero-order valence-electron chi connectivity index (χ0n) is 14.2. The van der Waals surface area contributed by atoms with Crippen molar-refractivity contribution in [2.45, 2.75) is 26.8 Å². The minimum Gasteiger partial charge on any atom is -0.452 e. The molecule has 0 atom stereocenters. The van der Waals surface area contributed by atoms with E-state index in [1.165, 1.54) is 0 Å². The maximum atomic E-state index is 12.0. The van der Waals surface area contributed by atoms with Crippen LogP contribution in [0.4, 0.5) is 0 Å². The molecule has 0 aliphatic carbocycles. The van der Waals surface area contributed by atoms with Crippen molar-refractivity contribution in [2.75, 3.05) is 19.7 Å². The van der Waals surface area contributed by atoms with E-state index in [-0.39, 0.29) is 18.0 Å². The molecular formula is C16H21N5O4. The van der Waals surface area contributed by atoms with Gasteiger partial charge in [-0.15, -0.1) is 5.10 Å². The van der Waals surface area contributed by atoms with Crippen LogP contribution in [0.1, 0.15) is 30.6 Å². The van der Waals surface area contributed by atoms with E-state index >= 15 is 0 Å². The summed E-state index contributed by atoms with van der Waals surface area (Å²) in [5, 5.41) is 13.0. The summed E-state index contributed by atoms with van der Waals surface area (Å²) in [7, 11) is 0. The Kier molecular flexibility index (Phi) is 6.44. The number of aromatic nitrogens is 3. The molecule has 0 saturated heterocycles. The van der Waals surface area contributed by atoms with Gasteiger partial charge in [-0.3, -0.25) is 9.59 Å². The highest BCUT2D eigenvalue weighted by Gasteiger charge is 2.13. The zero-order valence-corrected chi connectivity index (χ0v) is 14.2. The molecule has 0 spiro atoms. The summed E-state index contributed by atoms with van der Waals surface area (Å²) in [5.41, 5.74) is 1.67. The number of carbonyl (C=O) groups is 3. The third kappa shape index (κ3) is 5.00. The molecule has 0 unspecified atom stereocenters. The first-order valence-electron chi connectivity index (χ1n) is 8.09. The Hall–Kier alpha value is -2.97. The first-order chi connectivity index (χ1) is 12.0. The Morgan fingerprint density at radius 1 is 1.16 bits per heavy atom. The standard InChI is InChI=1S/C16H21N5O4/c1-3-7-17-14(22)9-18-15(23)10-25-16(24)11-5-6-13-12(8-11)19-20-21(13)4-2/h5-6,8H,3-4,7,9-10H2,1-2H3,(H,17,22)(H,18,23). The van der Waals surface area contributed by atoms with Gasteiger partial charge >= 0.3 is 5.97 Å². The van der Waals surface area contributed by atoms with Crippen LogP contribution in [0.15, 0.2) is 18.2 Å². The van der Waals surface area contributed by atoms with Gasteiger partial charge in [0.2, 0.25) is 5.91 Å². The number of nitrogens with zero attached hydrogens (tertiary/aromatic N) is 3. The number of fused-ring (bicyclic) bond motifs is 1. The number of amides is 2. The zero-order chi connectivity index (χ0) is 18.2. The van der Waals surface area contributed by atoms with Gasteiger partial charge < -0.3 is 15.4 Å². The highest BCUT2D eigenvalue weighted by Crippen LogP contribution is 2.14. The van der Waals surface area contributed by atoms with Gasteiger partial charge in [0.15, 0.2) is 6.61 Å². The number of hydrogen-bond donors (Lipinski definition) is 2. The number of ether oxygens (including phenoxy) is 1. The van der Waals surface area contributed by atoms with Crippen molar-refractivity contribution in [2.24, 2.45) is 0 Å². The van der Waals surface area contributed by atoms with Crippen molar-refractivity contribution in [3.05, 3.63) is 23.8 Å². The van der Waals surface area contributed by atoms with E-state index in [4.69, 9.17) is 4.74 Å². The molecule has 0 aliphatic heterocycles. The first kappa shape index (κ1) is 18.4. The van der Waals surface area contributed by atoms with Gasteiger partial charge in [-0.2, -0.15) is 0 Å². The van der Waals surface area contributed by atoms with Crippen molar-refractivity contribution in [1.82, 2.24) is 25.6 Å². The third-order valence-corrected chi connectivity index (χ3v) is 3.40. The summed E-state index contributed by atoms with van der Waals surface area (Å²) in [5.74, 6) is -1.47. The van der Waals surface area contributed by atoms with Gasteiger partial charge in [-0.05, 0) is 31.5 Å². The Morgan fingerprint density at radius 3 is 2.68 bits per heavy atom. The lowest BCUT2D eigenvalue weighted by Crippen LogP contribution is -2.38. The number of aryl methyl sites for hydroxylation is 1. The van der Waals surface area contributed by atoms with Crippen molar-refractivity contribution in [3.63, 3.8) is 0 Å². The van der Waals surface area contributed by atoms with Crippen molar-refractivity contribution >= 4 is 28.8 Å². The minimum absolute atomic E-state index is 0.150. The molecule has 2 rings (SSSR count). The second-order valence-corrected chi connectivity index (χ2v) is 5.31. The Balaban J connectivity index is 1.83. The fraction of sp³-hybridized carbons (Fsp3) is 0.438. The van der Waals surface area contributed by atoms with Crippen molar-refractivity contribution in [1.29, 1.82) is 0 Å². The summed E-state index contributed by atoms with van der Waals surface area (Å²) in [6.07, 6.45) is 0.813. The van der Waals surface area contributed by atoms with E-state index in [0.717, 1.165) is 11.9 Å². The predicted octanol–water partition coefficient (Wildman–Crippen LogP) is 0.250. The number of hydrogen-bond acceptors (Lipinski definition) is 6. The molecule has 25 heavy (non-hydrogen) atoms. The van der Waals surface area contributed by atoms with Crippen LogP contribution in [0.2, 0.25) is 0 Å². The van der Waals surface area contributed by atoms with Gasteiger partial charge in [0.1, 0.15) is 5.52 Å². The van der Waals surface area contributed by atoms with E-state index < -0.39 is 18.5 Å². The van der Waals surface area contributed by atoms with E-state index in [1.54, 1.807) is 22.9 Å². The maximum absolute atomic E-state index is 12.0. The second-order valence-electron chi connectivity index (χ2n) is 5.31. The van der Waals surface area contributed by atoms with Crippen LogP contribution in [0, 0.1) is 0 Å². The number of esters is 1. The Labute approximate surface area is 144 Å². The SMILES string of the molecule is CCCNC(=O)CNC(=O)COC(=O)c1ccc2c(c1)nnn2CC. The van der Waals surface area contributed by atoms with Crippen LogP contribution >= 0.6 is 0 Å². The molecule has 0 radical (unpaired) electrons. The van der Waals surface area contributed by atoms with Gasteiger partial charge in [0, 0.05) is 13.1 Å². The molecule has 2 aromatic rings. The summed E-state index contributed by atoms with van der Waals surface area (Å²) in [6.45, 7) is 4.49. The maximum Gasteiger partial charge on any atom is 0.338 e. The van der Waals surface area contributed by atoms with Crippen molar-refractivity contribution in [3.8, 4) is 0 Å². The van der Waals surface area contributed by atoms with Crippen LogP contribution in [0.3, 0.4) is 0 Å². The predicted molar refractivity (Wildman–Crippen MR) is 89.8 cm³/mol. The number of rotatable bonds is 8. The number of benzene rings is 1. The highest BCUT2D eigenvalue weighted by molar-refractivity contribution is 5.95. The van der Waals surface area contributed by atoms with Gasteiger partial charge in [-0.1, -0.05) is 12.1 Å². The number of nitrogens with one attached hydrogen (secondary N) is 2. The van der Waals surface area contributed by atoms with E-state index in [1.807, 2.05) is 13.8 Å². The smallest absolute Gasteiger partial charge is 0.338 e. The largest absolute Gasteiger partial charge is 0.452 e. The molecule has 9 heteroatoms. The molecule has 9 nitrogen and oxygen atoms in total. The third-order valence-electron chi connectivity index (χ3n) is 3.40. The number of carbonyl (C=O) groups excluding carboxylic acids is 3. The molecule has 0 bridgehead atoms. The topological polar surface area (TPSA) is 115 Å². The highest BCUT2D eigenvalue weighted by atomic mass is 16.5. The molecule has 0 saturated carbocycles. The molecule has 1 aromatic heterocycles. The monoisotopic (exact) mass is 347 g/mol. The fourth-order valence-electron chi connectivity index (χ4n) is 2.10. The lowest BCUT2D eigenvalue weighted by Gasteiger charge is -2.07. The second kappa shape index (κ2) is 8.76. The first-order valence-corrected chi connectivity index (χ1v) is 8.09. The quantitative estimate of drug-likeness (QED) is 0.662. The van der Waals surface area contributed by atoms with E-state index in [0.29, 0.717) is 18.6 Å². The van der Waals surface area contributed by atoms with Gasteiger partial charge in [-0.25, -0.2) is 9.48 Å². The van der Waals surface area contributed by atoms with Gasteiger partial charge in [0.05, 0.1) is 17.6 Å². The molecule has 2 N–H and O–H groups in total. The van der Waals surface area contributed by atoms with E-state index in [9.17, 15) is 14.4 Å². The average Bonchev–Trinajstić information content (AvgIpc) is 3.04. The fourth-order valence-corrected chi connectivity index (χ4v) is 2.10. The molecule has 1 aromatic carbocycles. The molecule has 134 valence electrons. The lowest BCUT2D eigenvalue weighted by atomic mass is 10.2. The van der Waals surface area contributed by atoms with Gasteiger partial charge in [0.25, 0.3) is 5.91 Å². The summed E-state index contributed by atoms with van der Waals surface area (Å²) < 4.78 is 6.66. The molecular weight excluding hydrogens is 326 g/mol. The van der Waals surface area contributed by atoms with Crippen LogP contribution in [0.5, 0.6) is 0 Å². The Morgan fingerprint density at radius 2 is 1.96 bits per heavy atom. The van der Waals surface area contributed by atoms with Crippen LogP contribution in [-0.4, -0.2) is 52.5 Å². The molecule has 0 aliphatic rings. The molecule has 0 fully saturated rings. The normalized spacial score (nSPS) is 10.5. The van der Waals surface area contributed by atoms with Crippen LogP contribution in [-0.2, 0) is 20.9 Å². The minimum atomic E-state index is -0.640. The average molecular weight is 347 g/mol. The molecule has 1 heterocycles. The lowest BCUT2D eigenvalue weighted by molar-refractivity contribution is -0.127. The summed E-state index contributed by atoms with van der Waals surface area (Å²) in [6, 6.07) is 4.89. The summed E-state index contributed by atoms with van der Waals surface area (Å²) >= 11 is 0. The molecule has 2 amide bonds. The van der Waals surface area contributed by atoms with Crippen LogP contribution < -0.4 is 10.6 Å². The Bertz CT molecular complexity index is 771. The van der Waals surface area contributed by atoms with E-state index in [2.05, 4.69) is 20.9 Å².